The van der Waals surface area contributed by atoms with Crippen LogP contribution in [0.15, 0.2) is 59.4 Å². The van der Waals surface area contributed by atoms with Crippen molar-refractivity contribution in [3.63, 3.8) is 0 Å². The summed E-state index contributed by atoms with van der Waals surface area (Å²) in [7, 11) is 0. The highest BCUT2D eigenvalue weighted by molar-refractivity contribution is 5.89. The molecule has 10 heteroatoms. The van der Waals surface area contributed by atoms with E-state index < -0.39 is 30.4 Å². The van der Waals surface area contributed by atoms with Crippen LogP contribution in [0.1, 0.15) is 29.3 Å². The van der Waals surface area contributed by atoms with E-state index in [1.807, 2.05) is 48.5 Å². The summed E-state index contributed by atoms with van der Waals surface area (Å²) in [6.07, 6.45) is -0.388. The summed E-state index contributed by atoms with van der Waals surface area (Å²) in [5, 5.41) is 17.5. The minimum absolute atomic E-state index is 0.0458. The Morgan fingerprint density at radius 3 is 2.31 bits per heavy atom. The lowest BCUT2D eigenvalue weighted by atomic mass is 9.98. The van der Waals surface area contributed by atoms with Crippen LogP contribution in [0.2, 0.25) is 0 Å². The average molecular weight is 436 g/mol. The number of hydrogen-bond donors (Lipinski definition) is 3. The fourth-order valence-corrected chi connectivity index (χ4v) is 3.73. The standard InChI is InChI=1S/C22H20N4O6/c27-20(28)9-18(21(29)23-10-19-24-12-32-26-19)25-22(30)31-11-17-15-7-3-1-5-13(15)14-6-2-4-8-16(14)17/h1-8,12,17-18H,9-11H2,(H,23,29)(H,25,30)(H,27,28). The SMILES string of the molecule is O=C(O)CC(NC(=O)OCC1c2ccccc2-c2ccccc21)C(=O)NCc1ncon1. The molecule has 1 unspecified atom stereocenters. The van der Waals surface area contributed by atoms with Gasteiger partial charge in [0.05, 0.1) is 13.0 Å². The highest BCUT2D eigenvalue weighted by atomic mass is 16.5. The molecule has 0 saturated carbocycles. The highest BCUT2D eigenvalue weighted by Crippen LogP contribution is 2.44. The number of ether oxygens (including phenoxy) is 1. The predicted octanol–water partition coefficient (Wildman–Crippen LogP) is 2.07. The van der Waals surface area contributed by atoms with E-state index in [2.05, 4.69) is 25.3 Å². The van der Waals surface area contributed by atoms with Gasteiger partial charge in [0.1, 0.15) is 12.6 Å². The minimum Gasteiger partial charge on any atom is -0.481 e. The quantitative estimate of drug-likeness (QED) is 0.487. The van der Waals surface area contributed by atoms with Crippen LogP contribution in [0.4, 0.5) is 4.79 Å². The molecule has 4 rings (SSSR count). The van der Waals surface area contributed by atoms with E-state index in [1.165, 1.54) is 0 Å². The molecule has 0 saturated heterocycles. The molecule has 0 bridgehead atoms. The van der Waals surface area contributed by atoms with Crippen molar-refractivity contribution in [1.29, 1.82) is 0 Å². The number of fused-ring (bicyclic) bond motifs is 3. The van der Waals surface area contributed by atoms with E-state index >= 15 is 0 Å². The number of carbonyl (C=O) groups excluding carboxylic acids is 2. The van der Waals surface area contributed by atoms with Crippen molar-refractivity contribution >= 4 is 18.0 Å². The van der Waals surface area contributed by atoms with E-state index in [0.717, 1.165) is 28.6 Å². The van der Waals surface area contributed by atoms with Crippen molar-refractivity contribution in [2.75, 3.05) is 6.61 Å². The zero-order valence-electron chi connectivity index (χ0n) is 16.9. The van der Waals surface area contributed by atoms with Crippen molar-refractivity contribution in [3.05, 3.63) is 71.9 Å². The number of benzene rings is 2. The lowest BCUT2D eigenvalue weighted by Crippen LogP contribution is -2.48. The third-order valence-electron chi connectivity index (χ3n) is 5.16. The van der Waals surface area contributed by atoms with Crippen LogP contribution in [0, 0.1) is 0 Å². The first-order valence-electron chi connectivity index (χ1n) is 9.89. The first kappa shape index (κ1) is 21.0. The third kappa shape index (κ3) is 4.59. The Morgan fingerprint density at radius 2 is 1.72 bits per heavy atom. The highest BCUT2D eigenvalue weighted by Gasteiger charge is 2.30. The lowest BCUT2D eigenvalue weighted by Gasteiger charge is -2.18. The summed E-state index contributed by atoms with van der Waals surface area (Å²) >= 11 is 0. The second-order valence-corrected chi connectivity index (χ2v) is 7.19. The number of carboxylic acids is 1. The maximum atomic E-state index is 12.4. The van der Waals surface area contributed by atoms with Gasteiger partial charge in [-0.15, -0.1) is 0 Å². The summed E-state index contributed by atoms with van der Waals surface area (Å²) < 4.78 is 9.96. The molecule has 3 aromatic rings. The van der Waals surface area contributed by atoms with E-state index in [-0.39, 0.29) is 24.9 Å². The number of aromatic nitrogens is 2. The molecule has 1 aromatic heterocycles. The average Bonchev–Trinajstić information content (AvgIpc) is 3.41. The molecule has 0 fully saturated rings. The molecule has 164 valence electrons. The molecule has 1 aliphatic carbocycles. The summed E-state index contributed by atoms with van der Waals surface area (Å²) in [6, 6.07) is 14.4. The topological polar surface area (TPSA) is 144 Å². The van der Waals surface area contributed by atoms with Gasteiger partial charge in [0.25, 0.3) is 0 Å². The predicted molar refractivity (Wildman–Crippen MR) is 110 cm³/mol. The number of nitrogens with zero attached hydrogens (tertiary/aromatic N) is 2. The van der Waals surface area contributed by atoms with Crippen molar-refractivity contribution < 1.29 is 28.8 Å². The van der Waals surface area contributed by atoms with Crippen molar-refractivity contribution in [2.24, 2.45) is 0 Å². The van der Waals surface area contributed by atoms with Gasteiger partial charge in [0.2, 0.25) is 12.3 Å². The molecule has 1 atom stereocenters. The Bertz CT molecular complexity index is 1090. The van der Waals surface area contributed by atoms with Gasteiger partial charge in [0, 0.05) is 5.92 Å². The zero-order chi connectivity index (χ0) is 22.5. The Labute approximate surface area is 182 Å². The molecular weight excluding hydrogens is 416 g/mol. The van der Waals surface area contributed by atoms with Gasteiger partial charge in [-0.05, 0) is 22.3 Å². The number of nitrogens with one attached hydrogen (secondary N) is 2. The van der Waals surface area contributed by atoms with Gasteiger partial charge in [-0.25, -0.2) is 4.79 Å². The lowest BCUT2D eigenvalue weighted by molar-refractivity contribution is -0.139. The summed E-state index contributed by atoms with van der Waals surface area (Å²) in [4.78, 5) is 39.7. The van der Waals surface area contributed by atoms with E-state index in [9.17, 15) is 14.4 Å². The molecule has 2 amide bonds. The smallest absolute Gasteiger partial charge is 0.407 e. The van der Waals surface area contributed by atoms with Crippen LogP contribution in [0.3, 0.4) is 0 Å². The second kappa shape index (κ2) is 9.29. The third-order valence-corrected chi connectivity index (χ3v) is 5.16. The maximum Gasteiger partial charge on any atom is 0.407 e. The molecule has 2 aromatic carbocycles. The molecule has 3 N–H and O–H groups in total. The Balaban J connectivity index is 1.39. The van der Waals surface area contributed by atoms with Crippen LogP contribution >= 0.6 is 0 Å². The van der Waals surface area contributed by atoms with Crippen molar-refractivity contribution in [3.8, 4) is 11.1 Å². The van der Waals surface area contributed by atoms with Crippen LogP contribution in [-0.2, 0) is 20.9 Å². The van der Waals surface area contributed by atoms with Crippen LogP contribution < -0.4 is 10.6 Å². The van der Waals surface area contributed by atoms with Gasteiger partial charge in [-0.3, -0.25) is 9.59 Å². The van der Waals surface area contributed by atoms with Gasteiger partial charge in [-0.2, -0.15) is 4.98 Å². The maximum absolute atomic E-state index is 12.4. The van der Waals surface area contributed by atoms with Gasteiger partial charge in [0.15, 0.2) is 5.82 Å². The Kier molecular flexibility index (Phi) is 6.11. The van der Waals surface area contributed by atoms with E-state index in [4.69, 9.17) is 9.84 Å². The van der Waals surface area contributed by atoms with Crippen LogP contribution in [0.5, 0.6) is 0 Å². The first-order valence-corrected chi connectivity index (χ1v) is 9.89. The number of alkyl carbamates (subject to hydrolysis) is 1. The molecule has 0 radical (unpaired) electrons. The van der Waals surface area contributed by atoms with Crippen LogP contribution in [0.25, 0.3) is 11.1 Å². The monoisotopic (exact) mass is 436 g/mol. The first-order chi connectivity index (χ1) is 15.5. The molecule has 1 heterocycles. The van der Waals surface area contributed by atoms with E-state index in [1.54, 1.807) is 0 Å². The molecule has 32 heavy (non-hydrogen) atoms. The Morgan fingerprint density at radius 1 is 1.06 bits per heavy atom. The van der Waals surface area contributed by atoms with Gasteiger partial charge in [-0.1, -0.05) is 53.7 Å². The zero-order valence-corrected chi connectivity index (χ0v) is 16.9. The summed E-state index contributed by atoms with van der Waals surface area (Å²) in [6.45, 7) is -0.0258. The largest absolute Gasteiger partial charge is 0.481 e. The molecule has 0 spiro atoms. The number of carboxylic acid groups (broad SMARTS) is 1. The number of amides is 2. The van der Waals surface area contributed by atoms with Crippen molar-refractivity contribution in [1.82, 2.24) is 20.8 Å². The van der Waals surface area contributed by atoms with Crippen LogP contribution in [-0.4, -0.2) is 45.9 Å². The summed E-state index contributed by atoms with van der Waals surface area (Å²) in [5.74, 6) is -1.89. The molecule has 1 aliphatic rings. The van der Waals surface area contributed by atoms with Crippen molar-refractivity contribution in [2.45, 2.75) is 24.9 Å². The normalized spacial score (nSPS) is 13.0. The Hall–Kier alpha value is -4.21. The number of rotatable bonds is 8. The number of hydrogen-bond acceptors (Lipinski definition) is 7. The molecule has 0 aliphatic heterocycles. The second-order valence-electron chi connectivity index (χ2n) is 7.19. The molecule has 10 nitrogen and oxygen atoms in total. The van der Waals surface area contributed by atoms with Gasteiger partial charge < -0.3 is 25.0 Å². The number of carbonyl (C=O) groups is 3. The fourth-order valence-electron chi connectivity index (χ4n) is 3.73. The number of aliphatic carboxylic acids is 1. The molecular formula is C22H20N4O6. The van der Waals surface area contributed by atoms with E-state index in [0.29, 0.717) is 0 Å². The van der Waals surface area contributed by atoms with Gasteiger partial charge >= 0.3 is 12.1 Å². The minimum atomic E-state index is -1.32. The summed E-state index contributed by atoms with van der Waals surface area (Å²) in [5.41, 5.74) is 4.26. The fraction of sp³-hybridized carbons (Fsp3) is 0.227.